The van der Waals surface area contributed by atoms with E-state index in [2.05, 4.69) is 39.8 Å². The maximum atomic E-state index is 12.6. The van der Waals surface area contributed by atoms with Gasteiger partial charge in [0.25, 0.3) is 0 Å². The Hall–Kier alpha value is -2.65. The Bertz CT molecular complexity index is 1140. The normalized spacial score (nSPS) is 17.2. The van der Waals surface area contributed by atoms with Crippen molar-refractivity contribution in [2.45, 2.75) is 44.2 Å². The molecule has 0 saturated heterocycles. The molecule has 2 heterocycles. The summed E-state index contributed by atoms with van der Waals surface area (Å²) in [5.41, 5.74) is 2.61. The zero-order valence-electron chi connectivity index (χ0n) is 18.5. The van der Waals surface area contributed by atoms with Crippen molar-refractivity contribution >= 4 is 40.0 Å². The number of ether oxygens (including phenoxy) is 1. The van der Waals surface area contributed by atoms with Crippen LogP contribution < -0.4 is 5.32 Å². The molecule has 3 aromatic rings. The van der Waals surface area contributed by atoms with Crippen LogP contribution in [-0.4, -0.2) is 39.0 Å². The summed E-state index contributed by atoms with van der Waals surface area (Å²) < 4.78 is 7.13. The van der Waals surface area contributed by atoms with E-state index in [4.69, 9.17) is 4.74 Å². The molecular formula is C23H26N4O3S2. The average Bonchev–Trinajstić information content (AvgIpc) is 3.41. The fourth-order valence-electron chi connectivity index (χ4n) is 3.78. The summed E-state index contributed by atoms with van der Waals surface area (Å²) in [7, 11) is 1.95. The van der Waals surface area contributed by atoms with Crippen molar-refractivity contribution in [1.82, 2.24) is 14.8 Å². The quantitative estimate of drug-likeness (QED) is 0.380. The Balaban J connectivity index is 1.38. The third-order valence-corrected chi connectivity index (χ3v) is 7.81. The van der Waals surface area contributed by atoms with Crippen LogP contribution in [0.2, 0.25) is 0 Å². The number of nitrogens with zero attached hydrogens (tertiary/aromatic N) is 3. The van der Waals surface area contributed by atoms with Crippen molar-refractivity contribution < 1.29 is 14.3 Å². The number of aromatic nitrogens is 3. The highest BCUT2D eigenvalue weighted by molar-refractivity contribution is 7.99. The van der Waals surface area contributed by atoms with Crippen LogP contribution in [0.5, 0.6) is 0 Å². The smallest absolute Gasteiger partial charge is 0.341 e. The van der Waals surface area contributed by atoms with E-state index in [0.717, 1.165) is 22.7 Å². The van der Waals surface area contributed by atoms with Crippen molar-refractivity contribution in [3.63, 3.8) is 0 Å². The number of thiophene rings is 1. The van der Waals surface area contributed by atoms with Crippen molar-refractivity contribution in [2.24, 2.45) is 7.05 Å². The average molecular weight is 471 g/mol. The Labute approximate surface area is 195 Å². The molecule has 2 atom stereocenters. The highest BCUT2D eigenvalue weighted by atomic mass is 32.2. The number of nitrogens with one attached hydrogen (secondary N) is 1. The maximum Gasteiger partial charge on any atom is 0.341 e. The third kappa shape index (κ3) is 4.59. The van der Waals surface area contributed by atoms with Gasteiger partial charge in [0.15, 0.2) is 5.16 Å². The second-order valence-corrected chi connectivity index (χ2v) is 9.97. The number of anilines is 1. The predicted molar refractivity (Wildman–Crippen MR) is 127 cm³/mol. The van der Waals surface area contributed by atoms with Gasteiger partial charge in [-0.05, 0) is 44.2 Å². The summed E-state index contributed by atoms with van der Waals surface area (Å²) in [4.78, 5) is 25.9. The third-order valence-electron chi connectivity index (χ3n) is 5.67. The Morgan fingerprint density at radius 1 is 1.22 bits per heavy atom. The summed E-state index contributed by atoms with van der Waals surface area (Å²) in [6.07, 6.45) is 1.06. The molecule has 1 saturated carbocycles. The number of thioether (sulfide) groups is 1. The number of hydrogen-bond acceptors (Lipinski definition) is 7. The lowest BCUT2D eigenvalue weighted by Gasteiger charge is -2.07. The van der Waals surface area contributed by atoms with Crippen LogP contribution in [0.4, 0.5) is 5.00 Å². The topological polar surface area (TPSA) is 86.1 Å². The van der Waals surface area contributed by atoms with Gasteiger partial charge in [-0.25, -0.2) is 4.79 Å². The van der Waals surface area contributed by atoms with E-state index >= 15 is 0 Å². The van der Waals surface area contributed by atoms with E-state index in [-0.39, 0.29) is 18.3 Å². The van der Waals surface area contributed by atoms with Crippen LogP contribution in [0, 0.1) is 13.8 Å². The van der Waals surface area contributed by atoms with E-state index in [1.165, 1.54) is 28.7 Å². The summed E-state index contributed by atoms with van der Waals surface area (Å²) in [5, 5.41) is 12.8. The molecule has 0 bridgehead atoms. The second-order valence-electron chi connectivity index (χ2n) is 7.80. The minimum Gasteiger partial charge on any atom is -0.462 e. The summed E-state index contributed by atoms with van der Waals surface area (Å²) >= 11 is 2.73. The molecule has 2 aromatic heterocycles. The van der Waals surface area contributed by atoms with Crippen LogP contribution in [0.3, 0.4) is 0 Å². The molecule has 32 heavy (non-hydrogen) atoms. The molecule has 1 aliphatic rings. The molecule has 1 N–H and O–H groups in total. The number of esters is 1. The van der Waals surface area contributed by atoms with Gasteiger partial charge in [-0.3, -0.25) is 4.79 Å². The Kier molecular flexibility index (Phi) is 6.66. The molecular weight excluding hydrogens is 444 g/mol. The van der Waals surface area contributed by atoms with Crippen LogP contribution in [0.15, 0.2) is 35.5 Å². The fraction of sp³-hybridized carbons (Fsp3) is 0.391. The van der Waals surface area contributed by atoms with E-state index in [9.17, 15) is 9.59 Å². The zero-order valence-corrected chi connectivity index (χ0v) is 20.2. The van der Waals surface area contributed by atoms with Crippen LogP contribution in [-0.2, 0) is 16.6 Å². The van der Waals surface area contributed by atoms with Crippen LogP contribution >= 0.6 is 23.1 Å². The zero-order chi connectivity index (χ0) is 22.8. The highest BCUT2D eigenvalue weighted by Gasteiger charge is 2.42. The molecule has 9 heteroatoms. The van der Waals surface area contributed by atoms with Crippen molar-refractivity contribution in [2.75, 3.05) is 17.7 Å². The highest BCUT2D eigenvalue weighted by Crippen LogP contribution is 2.54. The molecule has 1 amide bonds. The van der Waals surface area contributed by atoms with Gasteiger partial charge in [0, 0.05) is 17.8 Å². The van der Waals surface area contributed by atoms with Gasteiger partial charge in [0.05, 0.1) is 17.9 Å². The van der Waals surface area contributed by atoms with E-state index < -0.39 is 5.97 Å². The number of amides is 1. The standard InChI is InChI=1S/C23H26N4O3S2/c1-5-30-22(29)19-13(2)14(3)32-21(19)24-18(28)12-31-23-26-25-20(27(23)4)17-11-16(17)15-9-7-6-8-10-15/h6-10,16-17H,5,11-12H2,1-4H3,(H,24,28). The van der Waals surface area contributed by atoms with Crippen molar-refractivity contribution in [3.8, 4) is 0 Å². The lowest BCUT2D eigenvalue weighted by atomic mass is 10.1. The molecule has 0 spiro atoms. The first-order chi connectivity index (χ1) is 15.4. The minimum absolute atomic E-state index is 0.178. The number of rotatable bonds is 8. The van der Waals surface area contributed by atoms with E-state index in [1.807, 2.05) is 31.5 Å². The number of aryl methyl sites for hydroxylation is 1. The summed E-state index contributed by atoms with van der Waals surface area (Å²) in [6.45, 7) is 5.84. The first kappa shape index (κ1) is 22.5. The number of carbonyl (C=O) groups excluding carboxylic acids is 2. The largest absolute Gasteiger partial charge is 0.462 e. The van der Waals surface area contributed by atoms with Crippen molar-refractivity contribution in [1.29, 1.82) is 0 Å². The number of hydrogen-bond donors (Lipinski definition) is 1. The lowest BCUT2D eigenvalue weighted by molar-refractivity contribution is -0.113. The Morgan fingerprint density at radius 2 is 1.97 bits per heavy atom. The minimum atomic E-state index is -0.410. The first-order valence-corrected chi connectivity index (χ1v) is 12.3. The van der Waals surface area contributed by atoms with E-state index in [1.54, 1.807) is 6.92 Å². The molecule has 2 unspecified atom stereocenters. The lowest BCUT2D eigenvalue weighted by Crippen LogP contribution is -2.16. The van der Waals surface area contributed by atoms with Gasteiger partial charge in [-0.1, -0.05) is 42.1 Å². The maximum absolute atomic E-state index is 12.6. The first-order valence-electron chi connectivity index (χ1n) is 10.5. The van der Waals surface area contributed by atoms with Crippen LogP contribution in [0.25, 0.3) is 0 Å². The molecule has 1 aromatic carbocycles. The van der Waals surface area contributed by atoms with Gasteiger partial charge in [-0.15, -0.1) is 21.5 Å². The monoisotopic (exact) mass is 470 g/mol. The molecule has 0 radical (unpaired) electrons. The van der Waals surface area contributed by atoms with Gasteiger partial charge < -0.3 is 14.6 Å². The number of benzene rings is 1. The predicted octanol–water partition coefficient (Wildman–Crippen LogP) is 4.67. The molecule has 168 valence electrons. The van der Waals surface area contributed by atoms with E-state index in [0.29, 0.717) is 27.6 Å². The second kappa shape index (κ2) is 9.46. The number of carbonyl (C=O) groups is 2. The Morgan fingerprint density at radius 3 is 2.69 bits per heavy atom. The van der Waals surface area contributed by atoms with Gasteiger partial charge in [-0.2, -0.15) is 0 Å². The van der Waals surface area contributed by atoms with Gasteiger partial charge in [0.1, 0.15) is 10.8 Å². The molecule has 1 aliphatic carbocycles. The van der Waals surface area contributed by atoms with Crippen LogP contribution in [0.1, 0.15) is 57.4 Å². The molecule has 1 fully saturated rings. The molecule has 7 nitrogen and oxygen atoms in total. The molecule has 4 rings (SSSR count). The van der Waals surface area contributed by atoms with Crippen molar-refractivity contribution in [3.05, 3.63) is 57.7 Å². The van der Waals surface area contributed by atoms with Gasteiger partial charge in [0.2, 0.25) is 5.91 Å². The summed E-state index contributed by atoms with van der Waals surface area (Å²) in [5.74, 6) is 1.37. The SMILES string of the molecule is CCOC(=O)c1c(NC(=O)CSc2nnc(C3CC3c3ccccc3)n2C)sc(C)c1C. The summed E-state index contributed by atoms with van der Waals surface area (Å²) in [6, 6.07) is 10.5. The van der Waals surface area contributed by atoms with Gasteiger partial charge >= 0.3 is 5.97 Å². The fourth-order valence-corrected chi connectivity index (χ4v) is 5.56. The molecule has 0 aliphatic heterocycles.